The van der Waals surface area contributed by atoms with E-state index in [-0.39, 0.29) is 16.6 Å². The Bertz CT molecular complexity index is 623. The lowest BCUT2D eigenvalue weighted by Crippen LogP contribution is -2.33. The Morgan fingerprint density at radius 1 is 1.52 bits per heavy atom. The van der Waals surface area contributed by atoms with Crippen molar-refractivity contribution in [2.24, 2.45) is 5.92 Å². The molecule has 118 valence electrons. The van der Waals surface area contributed by atoms with Crippen LogP contribution in [0.15, 0.2) is 4.90 Å². The lowest BCUT2D eigenvalue weighted by molar-refractivity contribution is 0.0929. The highest BCUT2D eigenvalue weighted by Crippen LogP contribution is 2.33. The first-order chi connectivity index (χ1) is 9.82. The Labute approximate surface area is 129 Å². The fourth-order valence-electron chi connectivity index (χ4n) is 2.41. The number of halogens is 1. The van der Waals surface area contributed by atoms with Gasteiger partial charge in [0.05, 0.1) is 5.69 Å². The molecule has 21 heavy (non-hydrogen) atoms. The van der Waals surface area contributed by atoms with E-state index in [1.807, 2.05) is 13.8 Å². The van der Waals surface area contributed by atoms with Crippen molar-refractivity contribution in [2.75, 3.05) is 0 Å². The van der Waals surface area contributed by atoms with Gasteiger partial charge in [-0.25, -0.2) is 8.42 Å². The zero-order valence-corrected chi connectivity index (χ0v) is 13.7. The van der Waals surface area contributed by atoms with Gasteiger partial charge in [0.15, 0.2) is 5.69 Å². The number of amides is 1. The number of aromatic nitrogens is 2. The summed E-state index contributed by atoms with van der Waals surface area (Å²) < 4.78 is 23.4. The number of rotatable bonds is 7. The van der Waals surface area contributed by atoms with Gasteiger partial charge in [0, 0.05) is 16.7 Å². The largest absolute Gasteiger partial charge is 0.348 e. The molecule has 1 atom stereocenters. The predicted octanol–water partition coefficient (Wildman–Crippen LogP) is 2.21. The van der Waals surface area contributed by atoms with Gasteiger partial charge in [0.25, 0.3) is 15.0 Å². The highest BCUT2D eigenvalue weighted by atomic mass is 35.7. The van der Waals surface area contributed by atoms with Crippen molar-refractivity contribution in [1.29, 1.82) is 0 Å². The van der Waals surface area contributed by atoms with Crippen LogP contribution in [0.5, 0.6) is 0 Å². The van der Waals surface area contributed by atoms with E-state index in [1.54, 1.807) is 0 Å². The summed E-state index contributed by atoms with van der Waals surface area (Å²) in [6.45, 7) is 3.81. The summed E-state index contributed by atoms with van der Waals surface area (Å²) in [6, 6.07) is -0.0118. The van der Waals surface area contributed by atoms with Crippen LogP contribution in [0.25, 0.3) is 0 Å². The number of H-pyrrole nitrogens is 1. The average molecular weight is 334 g/mol. The minimum Gasteiger partial charge on any atom is -0.348 e. The van der Waals surface area contributed by atoms with Crippen molar-refractivity contribution in [2.45, 2.75) is 56.9 Å². The van der Waals surface area contributed by atoms with E-state index >= 15 is 0 Å². The summed E-state index contributed by atoms with van der Waals surface area (Å²) in [4.78, 5) is 12.0. The molecule has 6 nitrogen and oxygen atoms in total. The van der Waals surface area contributed by atoms with Gasteiger partial charge in [0.1, 0.15) is 4.90 Å². The standard InChI is InChI=1S/C13H20ClN3O3S/c1-3-4-10-12(21(14,19)20)11(17-16-10)13(18)15-8(2)7-9-5-6-9/h8-9H,3-7H2,1-2H3,(H,15,18)(H,16,17). The molecule has 1 heterocycles. The van der Waals surface area contributed by atoms with Crippen LogP contribution < -0.4 is 5.32 Å². The molecule has 1 amide bonds. The maximum Gasteiger partial charge on any atom is 0.273 e. The van der Waals surface area contributed by atoms with Crippen molar-refractivity contribution in [1.82, 2.24) is 15.5 Å². The molecule has 0 aromatic carbocycles. The van der Waals surface area contributed by atoms with E-state index in [0.29, 0.717) is 18.0 Å². The van der Waals surface area contributed by atoms with Crippen LogP contribution in [0, 0.1) is 5.92 Å². The van der Waals surface area contributed by atoms with E-state index in [2.05, 4.69) is 15.5 Å². The summed E-state index contributed by atoms with van der Waals surface area (Å²) in [5.74, 6) is 0.173. The first-order valence-electron chi connectivity index (χ1n) is 7.15. The number of carbonyl (C=O) groups is 1. The van der Waals surface area contributed by atoms with Gasteiger partial charge in [-0.1, -0.05) is 26.2 Å². The molecule has 0 saturated heterocycles. The van der Waals surface area contributed by atoms with Crippen LogP contribution >= 0.6 is 10.7 Å². The number of carbonyl (C=O) groups excluding carboxylic acids is 1. The molecule has 2 N–H and O–H groups in total. The van der Waals surface area contributed by atoms with Gasteiger partial charge in [-0.3, -0.25) is 9.89 Å². The fraction of sp³-hybridized carbons (Fsp3) is 0.692. The molecule has 0 bridgehead atoms. The minimum absolute atomic E-state index is 0.0118. The average Bonchev–Trinajstić information content (AvgIpc) is 3.05. The lowest BCUT2D eigenvalue weighted by Gasteiger charge is -2.12. The smallest absolute Gasteiger partial charge is 0.273 e. The molecule has 8 heteroatoms. The first-order valence-corrected chi connectivity index (χ1v) is 9.46. The molecule has 1 aliphatic carbocycles. The predicted molar refractivity (Wildman–Crippen MR) is 79.9 cm³/mol. The second-order valence-electron chi connectivity index (χ2n) is 5.62. The van der Waals surface area contributed by atoms with E-state index in [4.69, 9.17) is 10.7 Å². The summed E-state index contributed by atoms with van der Waals surface area (Å²) in [5, 5.41) is 9.25. The number of hydrogen-bond acceptors (Lipinski definition) is 4. The Balaban J connectivity index is 2.19. The molecule has 1 aromatic heterocycles. The lowest BCUT2D eigenvalue weighted by atomic mass is 10.1. The quantitative estimate of drug-likeness (QED) is 0.748. The topological polar surface area (TPSA) is 91.9 Å². The maximum atomic E-state index is 12.2. The van der Waals surface area contributed by atoms with Gasteiger partial charge in [-0.05, 0) is 25.7 Å². The van der Waals surface area contributed by atoms with Gasteiger partial charge in [0.2, 0.25) is 0 Å². The summed E-state index contributed by atoms with van der Waals surface area (Å²) in [5.41, 5.74) is 0.239. The normalized spacial score (nSPS) is 16.7. The summed E-state index contributed by atoms with van der Waals surface area (Å²) >= 11 is 0. The van der Waals surface area contributed by atoms with Crippen molar-refractivity contribution in [3.8, 4) is 0 Å². The van der Waals surface area contributed by atoms with Gasteiger partial charge >= 0.3 is 0 Å². The highest BCUT2D eigenvalue weighted by Gasteiger charge is 2.30. The van der Waals surface area contributed by atoms with Crippen molar-refractivity contribution in [3.63, 3.8) is 0 Å². The number of nitrogens with zero attached hydrogens (tertiary/aromatic N) is 1. The van der Waals surface area contributed by atoms with E-state index in [0.717, 1.165) is 12.8 Å². The van der Waals surface area contributed by atoms with Gasteiger partial charge < -0.3 is 5.32 Å². The van der Waals surface area contributed by atoms with Crippen molar-refractivity contribution in [3.05, 3.63) is 11.4 Å². The third-order valence-electron chi connectivity index (χ3n) is 3.51. The Morgan fingerprint density at radius 3 is 2.71 bits per heavy atom. The van der Waals surface area contributed by atoms with Crippen LogP contribution in [-0.2, 0) is 15.5 Å². The van der Waals surface area contributed by atoms with E-state index < -0.39 is 15.0 Å². The second-order valence-corrected chi connectivity index (χ2v) is 8.12. The molecular formula is C13H20ClN3O3S. The zero-order chi connectivity index (χ0) is 15.6. The Morgan fingerprint density at radius 2 is 2.19 bits per heavy atom. The highest BCUT2D eigenvalue weighted by molar-refractivity contribution is 8.13. The van der Waals surface area contributed by atoms with Crippen LogP contribution in [-0.4, -0.2) is 30.6 Å². The zero-order valence-electron chi connectivity index (χ0n) is 12.1. The first kappa shape index (κ1) is 16.3. The number of aromatic amines is 1. The molecule has 0 radical (unpaired) electrons. The fourth-order valence-corrected chi connectivity index (χ4v) is 3.72. The Kier molecular flexibility index (Phi) is 4.93. The van der Waals surface area contributed by atoms with Gasteiger partial charge in [-0.2, -0.15) is 5.10 Å². The molecule has 1 aliphatic rings. The summed E-state index contributed by atoms with van der Waals surface area (Å²) in [6.07, 6.45) is 4.50. The van der Waals surface area contributed by atoms with Crippen molar-refractivity contribution < 1.29 is 13.2 Å². The molecule has 1 fully saturated rings. The van der Waals surface area contributed by atoms with E-state index in [1.165, 1.54) is 12.8 Å². The molecule has 1 saturated carbocycles. The van der Waals surface area contributed by atoms with Crippen molar-refractivity contribution >= 4 is 25.6 Å². The maximum absolute atomic E-state index is 12.2. The molecular weight excluding hydrogens is 314 g/mol. The molecule has 1 aromatic rings. The van der Waals surface area contributed by atoms with Crippen LogP contribution in [0.1, 0.15) is 55.7 Å². The number of aryl methyl sites for hydroxylation is 1. The number of nitrogens with one attached hydrogen (secondary N) is 2. The SMILES string of the molecule is CCCc1[nH]nc(C(=O)NC(C)CC2CC2)c1S(=O)(=O)Cl. The van der Waals surface area contributed by atoms with Crippen LogP contribution in [0.3, 0.4) is 0 Å². The van der Waals surface area contributed by atoms with Gasteiger partial charge in [-0.15, -0.1) is 0 Å². The monoisotopic (exact) mass is 333 g/mol. The van der Waals surface area contributed by atoms with E-state index in [9.17, 15) is 13.2 Å². The van der Waals surface area contributed by atoms with Crippen LogP contribution in [0.4, 0.5) is 0 Å². The summed E-state index contributed by atoms with van der Waals surface area (Å²) in [7, 11) is 1.44. The second kappa shape index (κ2) is 6.36. The molecule has 0 spiro atoms. The van der Waals surface area contributed by atoms with Crippen LogP contribution in [0.2, 0.25) is 0 Å². The third kappa shape index (κ3) is 4.20. The Hall–Kier alpha value is -1.08. The molecule has 0 aliphatic heterocycles. The third-order valence-corrected chi connectivity index (χ3v) is 4.90. The molecule has 2 rings (SSSR count). The number of hydrogen-bond donors (Lipinski definition) is 2. The molecule has 1 unspecified atom stereocenters. The minimum atomic E-state index is -4.02.